The third-order valence-corrected chi connectivity index (χ3v) is 1.29. The van der Waals surface area contributed by atoms with Gasteiger partial charge in [0.15, 0.2) is 0 Å². The summed E-state index contributed by atoms with van der Waals surface area (Å²) in [7, 11) is 0. The van der Waals surface area contributed by atoms with Gasteiger partial charge in [-0.15, -0.1) is 17.0 Å². The molecular formula is C10H15Br. The quantitative estimate of drug-likeness (QED) is 0.618. The zero-order chi connectivity index (χ0) is 7.23. The molecule has 0 unspecified atom stereocenters. The molecule has 1 aromatic carbocycles. The van der Waals surface area contributed by atoms with Crippen molar-refractivity contribution in [1.82, 2.24) is 0 Å². The molecular weight excluding hydrogens is 200 g/mol. The zero-order valence-electron chi connectivity index (χ0n) is 6.92. The molecule has 0 aromatic heterocycles. The van der Waals surface area contributed by atoms with Gasteiger partial charge in [0, 0.05) is 0 Å². The number of rotatable bonds is 0. The molecule has 0 saturated heterocycles. The first-order valence-corrected chi connectivity index (χ1v) is 3.91. The summed E-state index contributed by atoms with van der Waals surface area (Å²) < 4.78 is 0. The highest BCUT2D eigenvalue weighted by Crippen LogP contribution is 2.14. The van der Waals surface area contributed by atoms with Gasteiger partial charge in [0.25, 0.3) is 0 Å². The fraction of sp³-hybridized carbons (Fsp3) is 0.400. The van der Waals surface area contributed by atoms with Crippen LogP contribution in [0.3, 0.4) is 0 Å². The first kappa shape index (κ1) is 10.7. The smallest absolute Gasteiger partial charge is 0.0398 e. The highest BCUT2D eigenvalue weighted by molar-refractivity contribution is 8.93. The highest BCUT2D eigenvalue weighted by Gasteiger charge is 1.95. The lowest BCUT2D eigenvalue weighted by molar-refractivity contribution is 1.48. The summed E-state index contributed by atoms with van der Waals surface area (Å²) in [5.41, 5.74) is 1.32. The summed E-state index contributed by atoms with van der Waals surface area (Å²) in [6.07, 6.45) is 4.50. The van der Waals surface area contributed by atoms with E-state index in [-0.39, 0.29) is 17.0 Å². The molecule has 1 aliphatic rings. The van der Waals surface area contributed by atoms with Crippen molar-refractivity contribution in [2.45, 2.75) is 26.2 Å². The lowest BCUT2D eigenvalue weighted by Gasteiger charge is -1.82. The molecule has 0 amide bonds. The van der Waals surface area contributed by atoms with Crippen molar-refractivity contribution in [1.29, 1.82) is 0 Å². The van der Waals surface area contributed by atoms with Crippen LogP contribution in [0.4, 0.5) is 0 Å². The molecule has 0 bridgehead atoms. The zero-order valence-corrected chi connectivity index (χ0v) is 8.63. The third-order valence-electron chi connectivity index (χ3n) is 1.29. The van der Waals surface area contributed by atoms with Crippen LogP contribution in [0.15, 0.2) is 30.3 Å². The Labute approximate surface area is 79.4 Å². The Kier molecular flexibility index (Phi) is 6.24. The second kappa shape index (κ2) is 6.41. The maximum absolute atomic E-state index is 2.08. The molecule has 0 spiro atoms. The third kappa shape index (κ3) is 7.60. The standard InChI is InChI=1S/C7H8.C3H6.BrH/c1-7-5-3-2-4-6-7;1-2-3-1;/h2-6H,1H3;1-3H2;1H. The van der Waals surface area contributed by atoms with Crippen LogP contribution in [0.2, 0.25) is 0 Å². The van der Waals surface area contributed by atoms with Crippen LogP contribution in [0.1, 0.15) is 24.8 Å². The summed E-state index contributed by atoms with van der Waals surface area (Å²) in [6, 6.07) is 10.3. The summed E-state index contributed by atoms with van der Waals surface area (Å²) >= 11 is 0. The first-order valence-electron chi connectivity index (χ1n) is 3.91. The van der Waals surface area contributed by atoms with Crippen LogP contribution in [-0.2, 0) is 0 Å². The van der Waals surface area contributed by atoms with Crippen LogP contribution in [0, 0.1) is 6.92 Å². The maximum Gasteiger partial charge on any atom is -0.0398 e. The van der Waals surface area contributed by atoms with Gasteiger partial charge in [-0.1, -0.05) is 55.2 Å². The normalized spacial score (nSPS) is 12.1. The molecule has 0 aliphatic heterocycles. The minimum Gasteiger partial charge on any atom is -0.114 e. The van der Waals surface area contributed by atoms with Crippen LogP contribution < -0.4 is 0 Å². The maximum atomic E-state index is 2.08. The predicted molar refractivity (Wildman–Crippen MR) is 55.4 cm³/mol. The van der Waals surface area contributed by atoms with Crippen molar-refractivity contribution < 1.29 is 0 Å². The molecule has 0 N–H and O–H groups in total. The second-order valence-corrected chi connectivity index (χ2v) is 2.72. The molecule has 0 radical (unpaired) electrons. The van der Waals surface area contributed by atoms with E-state index in [9.17, 15) is 0 Å². The van der Waals surface area contributed by atoms with Gasteiger partial charge in [-0.3, -0.25) is 0 Å². The predicted octanol–water partition coefficient (Wildman–Crippen LogP) is 3.74. The van der Waals surface area contributed by atoms with Gasteiger partial charge in [0.1, 0.15) is 0 Å². The summed E-state index contributed by atoms with van der Waals surface area (Å²) in [5.74, 6) is 0. The number of halogens is 1. The van der Waals surface area contributed by atoms with Crippen molar-refractivity contribution in [3.8, 4) is 0 Å². The number of hydrogen-bond acceptors (Lipinski definition) is 0. The van der Waals surface area contributed by atoms with Gasteiger partial charge < -0.3 is 0 Å². The lowest BCUT2D eigenvalue weighted by Crippen LogP contribution is -1.62. The van der Waals surface area contributed by atoms with Crippen molar-refractivity contribution in [2.24, 2.45) is 0 Å². The Hall–Kier alpha value is -0.300. The van der Waals surface area contributed by atoms with E-state index in [2.05, 4.69) is 19.1 Å². The molecule has 0 nitrogen and oxygen atoms in total. The number of hydrogen-bond donors (Lipinski definition) is 0. The van der Waals surface area contributed by atoms with Crippen molar-refractivity contribution in [3.63, 3.8) is 0 Å². The van der Waals surface area contributed by atoms with Gasteiger partial charge in [0.05, 0.1) is 0 Å². The molecule has 1 saturated carbocycles. The van der Waals surface area contributed by atoms with Crippen molar-refractivity contribution in [3.05, 3.63) is 35.9 Å². The van der Waals surface area contributed by atoms with Gasteiger partial charge >= 0.3 is 0 Å². The van der Waals surface area contributed by atoms with E-state index in [0.717, 1.165) is 0 Å². The minimum absolute atomic E-state index is 0. The monoisotopic (exact) mass is 214 g/mol. The van der Waals surface area contributed by atoms with Crippen molar-refractivity contribution in [2.75, 3.05) is 0 Å². The van der Waals surface area contributed by atoms with Gasteiger partial charge in [0.2, 0.25) is 0 Å². The Morgan fingerprint density at radius 3 is 1.55 bits per heavy atom. The summed E-state index contributed by atoms with van der Waals surface area (Å²) in [4.78, 5) is 0. The summed E-state index contributed by atoms with van der Waals surface area (Å²) in [5, 5.41) is 0. The Morgan fingerprint density at radius 1 is 0.909 bits per heavy atom. The number of aryl methyl sites for hydroxylation is 1. The number of benzene rings is 1. The molecule has 1 heteroatoms. The largest absolute Gasteiger partial charge is 0.114 e. The van der Waals surface area contributed by atoms with E-state index in [1.54, 1.807) is 0 Å². The topological polar surface area (TPSA) is 0 Å². The van der Waals surface area contributed by atoms with Crippen LogP contribution >= 0.6 is 17.0 Å². The molecule has 62 valence electrons. The van der Waals surface area contributed by atoms with Crippen LogP contribution in [0.25, 0.3) is 0 Å². The first-order chi connectivity index (χ1) is 4.89. The molecule has 1 fully saturated rings. The summed E-state index contributed by atoms with van der Waals surface area (Å²) in [6.45, 7) is 2.08. The SMILES string of the molecule is Br.C1CC1.Cc1ccccc1. The molecule has 1 aromatic rings. The van der Waals surface area contributed by atoms with Crippen molar-refractivity contribution >= 4 is 17.0 Å². The molecule has 1 aliphatic carbocycles. The molecule has 0 atom stereocenters. The Morgan fingerprint density at radius 2 is 1.36 bits per heavy atom. The van der Waals surface area contributed by atoms with Gasteiger partial charge in [-0.25, -0.2) is 0 Å². The molecule has 2 rings (SSSR count). The fourth-order valence-electron chi connectivity index (χ4n) is 0.534. The Balaban J connectivity index is 0.000000212. The average molecular weight is 215 g/mol. The minimum atomic E-state index is 0. The van der Waals surface area contributed by atoms with E-state index in [0.29, 0.717) is 0 Å². The highest BCUT2D eigenvalue weighted by atomic mass is 79.9. The average Bonchev–Trinajstić information content (AvgIpc) is 2.73. The van der Waals surface area contributed by atoms with Gasteiger partial charge in [-0.2, -0.15) is 0 Å². The van der Waals surface area contributed by atoms with E-state index in [1.807, 2.05) is 18.2 Å². The molecule has 11 heavy (non-hydrogen) atoms. The van der Waals surface area contributed by atoms with E-state index >= 15 is 0 Å². The fourth-order valence-corrected chi connectivity index (χ4v) is 0.534. The van der Waals surface area contributed by atoms with E-state index < -0.39 is 0 Å². The Bertz CT molecular complexity index is 165. The van der Waals surface area contributed by atoms with Gasteiger partial charge in [-0.05, 0) is 6.92 Å². The van der Waals surface area contributed by atoms with E-state index in [1.165, 1.54) is 24.8 Å². The van der Waals surface area contributed by atoms with E-state index in [4.69, 9.17) is 0 Å². The van der Waals surface area contributed by atoms with Crippen LogP contribution in [0.5, 0.6) is 0 Å². The molecule has 0 heterocycles. The second-order valence-electron chi connectivity index (χ2n) is 2.72. The lowest BCUT2D eigenvalue weighted by atomic mass is 10.2. The van der Waals surface area contributed by atoms with Crippen LogP contribution in [-0.4, -0.2) is 0 Å².